The summed E-state index contributed by atoms with van der Waals surface area (Å²) in [6, 6.07) is 10.4. The maximum atomic E-state index is 13.6. The van der Waals surface area contributed by atoms with E-state index in [1.807, 2.05) is 31.2 Å². The predicted molar refractivity (Wildman–Crippen MR) is 91.3 cm³/mol. The lowest BCUT2D eigenvalue weighted by Gasteiger charge is -2.17. The third-order valence-electron chi connectivity index (χ3n) is 4.34. The van der Waals surface area contributed by atoms with Gasteiger partial charge < -0.3 is 10.2 Å². The summed E-state index contributed by atoms with van der Waals surface area (Å²) in [7, 11) is 0. The molecule has 3 rings (SSSR count). The van der Waals surface area contributed by atoms with Crippen molar-refractivity contribution in [2.24, 2.45) is 5.92 Å². The first-order valence-corrected chi connectivity index (χ1v) is 8.13. The third kappa shape index (κ3) is 3.68. The highest BCUT2D eigenvalue weighted by Gasteiger charge is 2.35. The molecule has 0 radical (unpaired) electrons. The Bertz CT molecular complexity index is 806. The number of amides is 2. The summed E-state index contributed by atoms with van der Waals surface area (Å²) in [6.07, 6.45) is 0.941. The Morgan fingerprint density at radius 1 is 1.20 bits per heavy atom. The van der Waals surface area contributed by atoms with Gasteiger partial charge in [-0.15, -0.1) is 0 Å². The number of nitrogens with one attached hydrogen (secondary N) is 1. The lowest BCUT2D eigenvalue weighted by atomic mass is 10.1. The monoisotopic (exact) mass is 344 g/mol. The van der Waals surface area contributed by atoms with Crippen LogP contribution < -0.4 is 10.2 Å². The zero-order valence-electron chi connectivity index (χ0n) is 13.8. The second-order valence-electron chi connectivity index (χ2n) is 6.04. The molecule has 4 nitrogen and oxygen atoms in total. The molecular weight excluding hydrogens is 326 g/mol. The first kappa shape index (κ1) is 17.1. The highest BCUT2D eigenvalue weighted by molar-refractivity contribution is 6.03. The summed E-state index contributed by atoms with van der Waals surface area (Å²) < 4.78 is 26.8. The zero-order valence-corrected chi connectivity index (χ0v) is 13.8. The second-order valence-corrected chi connectivity index (χ2v) is 6.04. The summed E-state index contributed by atoms with van der Waals surface area (Å²) in [4.78, 5) is 26.1. The fourth-order valence-electron chi connectivity index (χ4n) is 2.87. The largest absolute Gasteiger partial charge is 0.323 e. The van der Waals surface area contributed by atoms with E-state index in [1.165, 1.54) is 0 Å². The van der Waals surface area contributed by atoms with Crippen LogP contribution in [0.1, 0.15) is 18.9 Å². The molecule has 2 aromatic carbocycles. The van der Waals surface area contributed by atoms with Gasteiger partial charge in [-0.25, -0.2) is 8.78 Å². The number of hydrogen-bond donors (Lipinski definition) is 1. The Morgan fingerprint density at radius 3 is 2.60 bits per heavy atom. The van der Waals surface area contributed by atoms with Gasteiger partial charge in [0.2, 0.25) is 11.8 Å². The van der Waals surface area contributed by atoms with Gasteiger partial charge in [0.15, 0.2) is 0 Å². The van der Waals surface area contributed by atoms with E-state index in [2.05, 4.69) is 5.32 Å². The van der Waals surface area contributed by atoms with E-state index in [-0.39, 0.29) is 24.6 Å². The number of halogens is 2. The predicted octanol–water partition coefficient (Wildman–Crippen LogP) is 3.52. The third-order valence-corrected chi connectivity index (χ3v) is 4.34. The smallest absolute Gasteiger partial charge is 0.229 e. The van der Waals surface area contributed by atoms with Crippen molar-refractivity contribution >= 4 is 23.2 Å². The van der Waals surface area contributed by atoms with Crippen molar-refractivity contribution < 1.29 is 18.4 Å². The summed E-state index contributed by atoms with van der Waals surface area (Å²) in [5.41, 5.74) is 1.67. The minimum absolute atomic E-state index is 0.0400. The molecule has 1 fully saturated rings. The lowest BCUT2D eigenvalue weighted by molar-refractivity contribution is -0.122. The van der Waals surface area contributed by atoms with Gasteiger partial charge in [-0.2, -0.15) is 0 Å². The summed E-state index contributed by atoms with van der Waals surface area (Å²) in [5, 5.41) is 2.37. The fourth-order valence-corrected chi connectivity index (χ4v) is 2.87. The molecule has 0 saturated carbocycles. The van der Waals surface area contributed by atoms with E-state index in [1.54, 1.807) is 4.90 Å². The molecule has 6 heteroatoms. The second kappa shape index (κ2) is 7.01. The van der Waals surface area contributed by atoms with Gasteiger partial charge in [-0.05, 0) is 36.2 Å². The van der Waals surface area contributed by atoms with Crippen LogP contribution in [-0.2, 0) is 16.0 Å². The molecule has 0 spiro atoms. The maximum absolute atomic E-state index is 13.6. The number of benzene rings is 2. The molecule has 130 valence electrons. The number of hydrogen-bond acceptors (Lipinski definition) is 2. The molecule has 2 amide bonds. The van der Waals surface area contributed by atoms with E-state index in [0.29, 0.717) is 0 Å². The molecular formula is C19H18F2N2O2. The molecule has 0 bridgehead atoms. The van der Waals surface area contributed by atoms with Crippen LogP contribution in [0.2, 0.25) is 0 Å². The first-order valence-electron chi connectivity index (χ1n) is 8.13. The average Bonchev–Trinajstić information content (AvgIpc) is 3.00. The topological polar surface area (TPSA) is 49.4 Å². The van der Waals surface area contributed by atoms with Crippen LogP contribution in [0, 0.1) is 17.6 Å². The van der Waals surface area contributed by atoms with E-state index in [9.17, 15) is 18.4 Å². The van der Waals surface area contributed by atoms with Gasteiger partial charge in [-0.3, -0.25) is 9.59 Å². The molecule has 1 unspecified atom stereocenters. The van der Waals surface area contributed by atoms with Crippen molar-refractivity contribution in [2.75, 3.05) is 16.8 Å². The van der Waals surface area contributed by atoms with Crippen LogP contribution in [0.5, 0.6) is 0 Å². The van der Waals surface area contributed by atoms with Crippen LogP contribution in [0.25, 0.3) is 0 Å². The lowest BCUT2D eigenvalue weighted by Crippen LogP contribution is -2.28. The minimum Gasteiger partial charge on any atom is -0.323 e. The van der Waals surface area contributed by atoms with Crippen LogP contribution in [-0.4, -0.2) is 18.4 Å². The summed E-state index contributed by atoms with van der Waals surface area (Å²) in [5.74, 6) is -2.63. The highest BCUT2D eigenvalue weighted by Crippen LogP contribution is 2.27. The standard InChI is InChI=1S/C19H18F2N2O2/c1-2-12-3-6-15(7-4-12)23-11-13(9-18(23)24)19(25)22-17-10-14(20)5-8-16(17)21/h3-8,10,13H,2,9,11H2,1H3,(H,22,25). The van der Waals surface area contributed by atoms with Crippen molar-refractivity contribution in [3.63, 3.8) is 0 Å². The Morgan fingerprint density at radius 2 is 1.92 bits per heavy atom. The number of nitrogens with zero attached hydrogens (tertiary/aromatic N) is 1. The van der Waals surface area contributed by atoms with Gasteiger partial charge in [0.25, 0.3) is 0 Å². The van der Waals surface area contributed by atoms with Gasteiger partial charge in [0, 0.05) is 24.7 Å². The van der Waals surface area contributed by atoms with Crippen molar-refractivity contribution in [2.45, 2.75) is 19.8 Å². The van der Waals surface area contributed by atoms with Gasteiger partial charge in [0.1, 0.15) is 11.6 Å². The van der Waals surface area contributed by atoms with Crippen molar-refractivity contribution in [1.29, 1.82) is 0 Å². The number of anilines is 2. The molecule has 1 atom stereocenters. The SMILES string of the molecule is CCc1ccc(N2CC(C(=O)Nc3cc(F)ccc3F)CC2=O)cc1. The van der Waals surface area contributed by atoms with Gasteiger partial charge in [0.05, 0.1) is 11.6 Å². The van der Waals surface area contributed by atoms with Gasteiger partial charge >= 0.3 is 0 Å². The minimum atomic E-state index is -0.717. The number of carbonyl (C=O) groups is 2. The van der Waals surface area contributed by atoms with Crippen molar-refractivity contribution in [1.82, 2.24) is 0 Å². The van der Waals surface area contributed by atoms with Crippen LogP contribution in [0.15, 0.2) is 42.5 Å². The fraction of sp³-hybridized carbons (Fsp3) is 0.263. The molecule has 0 aromatic heterocycles. The Labute approximate surface area is 144 Å². The van der Waals surface area contributed by atoms with Gasteiger partial charge in [-0.1, -0.05) is 19.1 Å². The van der Waals surface area contributed by atoms with Crippen LogP contribution >= 0.6 is 0 Å². The van der Waals surface area contributed by atoms with E-state index in [4.69, 9.17) is 0 Å². The highest BCUT2D eigenvalue weighted by atomic mass is 19.1. The molecule has 2 aromatic rings. The Balaban J connectivity index is 1.70. The Hall–Kier alpha value is -2.76. The average molecular weight is 344 g/mol. The summed E-state index contributed by atoms with van der Waals surface area (Å²) >= 11 is 0. The number of aryl methyl sites for hydroxylation is 1. The van der Waals surface area contributed by atoms with Crippen molar-refractivity contribution in [3.8, 4) is 0 Å². The van der Waals surface area contributed by atoms with Crippen molar-refractivity contribution in [3.05, 3.63) is 59.7 Å². The molecule has 1 heterocycles. The number of carbonyl (C=O) groups excluding carboxylic acids is 2. The Kier molecular flexibility index (Phi) is 4.79. The quantitative estimate of drug-likeness (QED) is 0.923. The molecule has 1 aliphatic heterocycles. The zero-order chi connectivity index (χ0) is 18.0. The molecule has 1 N–H and O–H groups in total. The number of rotatable bonds is 4. The summed E-state index contributed by atoms with van der Waals surface area (Å²) in [6.45, 7) is 2.26. The molecule has 0 aliphatic carbocycles. The first-order chi connectivity index (χ1) is 12.0. The maximum Gasteiger partial charge on any atom is 0.229 e. The normalized spacial score (nSPS) is 17.0. The molecule has 1 saturated heterocycles. The van der Waals surface area contributed by atoms with Crippen LogP contribution in [0.3, 0.4) is 0 Å². The molecule has 25 heavy (non-hydrogen) atoms. The van der Waals surface area contributed by atoms with Crippen LogP contribution in [0.4, 0.5) is 20.2 Å². The van der Waals surface area contributed by atoms with E-state index >= 15 is 0 Å². The van der Waals surface area contributed by atoms with E-state index in [0.717, 1.165) is 35.9 Å². The van der Waals surface area contributed by atoms with E-state index < -0.39 is 23.5 Å². The molecule has 1 aliphatic rings.